The fraction of sp³-hybridized carbons (Fsp3) is 0.300. The van der Waals surface area contributed by atoms with Gasteiger partial charge >= 0.3 is 11.9 Å². The molecule has 1 heterocycles. The monoisotopic (exact) mass is 445 g/mol. The average molecular weight is 445 g/mol. The summed E-state index contributed by atoms with van der Waals surface area (Å²) in [7, 11) is 0. The highest BCUT2D eigenvalue weighted by atomic mass is 16.4. The zero-order chi connectivity index (χ0) is 23.8. The highest BCUT2D eigenvalue weighted by Crippen LogP contribution is 2.12. The van der Waals surface area contributed by atoms with Gasteiger partial charge in [0, 0.05) is 24.0 Å². The van der Waals surface area contributed by atoms with Gasteiger partial charge in [-0.1, -0.05) is 12.1 Å². The van der Waals surface area contributed by atoms with Crippen molar-refractivity contribution in [2.45, 2.75) is 38.1 Å². The van der Waals surface area contributed by atoms with Gasteiger partial charge in [-0.3, -0.25) is 24.2 Å². The number of carbonyl (C=O) groups is 4. The summed E-state index contributed by atoms with van der Waals surface area (Å²) in [5.41, 5.74) is 11.3. The van der Waals surface area contributed by atoms with E-state index in [1.807, 2.05) is 0 Å². The predicted octanol–water partition coefficient (Wildman–Crippen LogP) is 0.188. The third-order valence-electron chi connectivity index (χ3n) is 4.62. The molecule has 0 unspecified atom stereocenters. The van der Waals surface area contributed by atoms with Gasteiger partial charge in [-0.25, -0.2) is 4.79 Å². The van der Waals surface area contributed by atoms with Crippen LogP contribution in [0.1, 0.15) is 52.0 Å². The lowest BCUT2D eigenvalue weighted by Crippen LogP contribution is -2.41. The number of Topliss-reactive ketones (excluding diaryl/α,β-unsaturated/α-hetero) is 1. The first-order valence-corrected chi connectivity index (χ1v) is 9.61. The van der Waals surface area contributed by atoms with Gasteiger partial charge in [-0.2, -0.15) is 4.98 Å². The second-order valence-corrected chi connectivity index (χ2v) is 6.97. The molecule has 1 amide bonds. The zero-order valence-electron chi connectivity index (χ0n) is 17.0. The van der Waals surface area contributed by atoms with Crippen molar-refractivity contribution < 1.29 is 29.4 Å². The molecule has 2 aromatic rings. The molecule has 0 aliphatic rings. The molecule has 1 aromatic heterocycles. The number of nitrogens with one attached hydrogen (secondary N) is 2. The van der Waals surface area contributed by atoms with Crippen LogP contribution in [-0.2, 0) is 16.0 Å². The van der Waals surface area contributed by atoms with Crippen molar-refractivity contribution in [1.29, 1.82) is 0 Å². The number of hydrogen-bond donors (Lipinski definition) is 6. The molecule has 1 atom stereocenters. The van der Waals surface area contributed by atoms with Crippen LogP contribution in [0.15, 0.2) is 29.1 Å². The number of anilines is 2. The minimum absolute atomic E-state index is 0.0112. The first-order valence-electron chi connectivity index (χ1n) is 9.61. The van der Waals surface area contributed by atoms with Crippen molar-refractivity contribution in [2.24, 2.45) is 0 Å². The predicted molar refractivity (Wildman–Crippen MR) is 113 cm³/mol. The van der Waals surface area contributed by atoms with E-state index in [0.717, 1.165) is 0 Å². The molecular weight excluding hydrogens is 422 g/mol. The summed E-state index contributed by atoms with van der Waals surface area (Å²) in [6.45, 7) is 0. The highest BCUT2D eigenvalue weighted by Gasteiger charge is 2.21. The van der Waals surface area contributed by atoms with Gasteiger partial charge in [0.15, 0.2) is 5.78 Å². The SMILES string of the molecule is Nc1nc(N)c(CCCC(=O)c2ccc(C(=O)N[C@H](CCC(=O)O)C(=O)O)cc2)c(=O)[nH]1. The van der Waals surface area contributed by atoms with Gasteiger partial charge in [0.25, 0.3) is 11.5 Å². The Labute approximate surface area is 181 Å². The third kappa shape index (κ3) is 6.65. The smallest absolute Gasteiger partial charge is 0.326 e. The van der Waals surface area contributed by atoms with E-state index in [1.54, 1.807) is 0 Å². The Hall–Kier alpha value is -4.22. The normalized spacial score (nSPS) is 11.5. The number of benzene rings is 1. The second-order valence-electron chi connectivity index (χ2n) is 6.97. The molecule has 170 valence electrons. The summed E-state index contributed by atoms with van der Waals surface area (Å²) in [6, 6.07) is 4.24. The van der Waals surface area contributed by atoms with Crippen LogP contribution in [0.2, 0.25) is 0 Å². The average Bonchev–Trinajstić information content (AvgIpc) is 2.72. The molecule has 32 heavy (non-hydrogen) atoms. The van der Waals surface area contributed by atoms with Crippen LogP contribution >= 0.6 is 0 Å². The molecule has 0 radical (unpaired) electrons. The lowest BCUT2D eigenvalue weighted by atomic mass is 10.0. The van der Waals surface area contributed by atoms with E-state index in [-0.39, 0.29) is 47.9 Å². The maximum absolute atomic E-state index is 12.4. The quantitative estimate of drug-likeness (QED) is 0.258. The van der Waals surface area contributed by atoms with E-state index in [0.29, 0.717) is 12.0 Å². The molecule has 1 aromatic carbocycles. The Kier molecular flexibility index (Phi) is 8.04. The van der Waals surface area contributed by atoms with Crippen molar-refractivity contribution >= 4 is 35.4 Å². The molecule has 0 saturated carbocycles. The van der Waals surface area contributed by atoms with E-state index < -0.39 is 35.9 Å². The zero-order valence-corrected chi connectivity index (χ0v) is 17.0. The lowest BCUT2D eigenvalue weighted by Gasteiger charge is -2.13. The summed E-state index contributed by atoms with van der Waals surface area (Å²) in [4.78, 5) is 64.4. The summed E-state index contributed by atoms with van der Waals surface area (Å²) in [6.07, 6.45) is 0.0149. The number of aliphatic carboxylic acids is 2. The van der Waals surface area contributed by atoms with Crippen molar-refractivity contribution in [3.8, 4) is 0 Å². The number of nitrogens with two attached hydrogens (primary N) is 2. The van der Waals surface area contributed by atoms with Crippen LogP contribution in [0, 0.1) is 0 Å². The van der Waals surface area contributed by atoms with Crippen LogP contribution < -0.4 is 22.3 Å². The number of ketones is 1. The van der Waals surface area contributed by atoms with Gasteiger partial charge in [-0.05, 0) is 31.4 Å². The standard InChI is InChI=1S/C20H23N5O7/c21-16-12(18(30)25-20(22)24-16)2-1-3-14(26)10-4-6-11(7-5-10)17(29)23-13(19(31)32)8-9-15(27)28/h4-7,13H,1-3,8-9H2,(H,23,29)(H,27,28)(H,31,32)(H5,21,22,24,25,30)/t13-/m1/s1. The Balaban J connectivity index is 1.94. The summed E-state index contributed by atoms with van der Waals surface area (Å²) in [5, 5.41) is 20.1. The molecule has 0 saturated heterocycles. The number of carboxylic acid groups (broad SMARTS) is 2. The van der Waals surface area contributed by atoms with Crippen LogP contribution in [0.3, 0.4) is 0 Å². The molecular formula is C20H23N5O7. The summed E-state index contributed by atoms with van der Waals surface area (Å²) < 4.78 is 0. The fourth-order valence-electron chi connectivity index (χ4n) is 2.92. The van der Waals surface area contributed by atoms with Crippen LogP contribution in [0.5, 0.6) is 0 Å². The molecule has 12 heteroatoms. The molecule has 0 bridgehead atoms. The maximum Gasteiger partial charge on any atom is 0.326 e. The number of nitrogen functional groups attached to an aromatic ring is 2. The van der Waals surface area contributed by atoms with Gasteiger partial charge in [0.2, 0.25) is 5.95 Å². The Morgan fingerprint density at radius 3 is 2.22 bits per heavy atom. The number of hydrogen-bond acceptors (Lipinski definition) is 8. The molecule has 0 aliphatic heterocycles. The lowest BCUT2D eigenvalue weighted by molar-refractivity contribution is -0.140. The van der Waals surface area contributed by atoms with Gasteiger partial charge in [0.1, 0.15) is 11.9 Å². The summed E-state index contributed by atoms with van der Waals surface area (Å²) >= 11 is 0. The molecule has 0 fully saturated rings. The van der Waals surface area contributed by atoms with Gasteiger partial charge < -0.3 is 27.0 Å². The Bertz CT molecular complexity index is 1080. The first kappa shape index (κ1) is 24.1. The van der Waals surface area contributed by atoms with Crippen molar-refractivity contribution in [1.82, 2.24) is 15.3 Å². The maximum atomic E-state index is 12.4. The number of nitrogens with zero attached hydrogens (tertiary/aromatic N) is 1. The molecule has 12 nitrogen and oxygen atoms in total. The third-order valence-corrected chi connectivity index (χ3v) is 4.62. The highest BCUT2D eigenvalue weighted by molar-refractivity contribution is 5.99. The fourth-order valence-corrected chi connectivity index (χ4v) is 2.92. The van der Waals surface area contributed by atoms with Crippen molar-refractivity contribution in [3.05, 3.63) is 51.3 Å². The van der Waals surface area contributed by atoms with E-state index in [2.05, 4.69) is 15.3 Å². The van der Waals surface area contributed by atoms with Crippen LogP contribution in [-0.4, -0.2) is 49.9 Å². The van der Waals surface area contributed by atoms with Gasteiger partial charge in [0.05, 0.1) is 5.56 Å². The number of rotatable bonds is 11. The first-order chi connectivity index (χ1) is 15.1. The number of carbonyl (C=O) groups excluding carboxylic acids is 2. The Morgan fingerprint density at radius 2 is 1.66 bits per heavy atom. The molecule has 2 rings (SSSR count). The topological polar surface area (TPSA) is 219 Å². The number of H-pyrrole nitrogens is 1. The molecule has 0 spiro atoms. The van der Waals surface area contributed by atoms with E-state index in [9.17, 15) is 24.0 Å². The second kappa shape index (κ2) is 10.7. The Morgan fingerprint density at radius 1 is 1.03 bits per heavy atom. The molecule has 0 aliphatic carbocycles. The summed E-state index contributed by atoms with van der Waals surface area (Å²) in [5.74, 6) is -3.52. The van der Waals surface area contributed by atoms with E-state index >= 15 is 0 Å². The minimum Gasteiger partial charge on any atom is -0.481 e. The van der Waals surface area contributed by atoms with Crippen LogP contribution in [0.25, 0.3) is 0 Å². The van der Waals surface area contributed by atoms with Crippen molar-refractivity contribution in [3.63, 3.8) is 0 Å². The molecule has 8 N–H and O–H groups in total. The largest absolute Gasteiger partial charge is 0.481 e. The minimum atomic E-state index is -1.35. The van der Waals surface area contributed by atoms with E-state index in [4.69, 9.17) is 21.7 Å². The number of aromatic nitrogens is 2. The van der Waals surface area contributed by atoms with Gasteiger partial charge in [-0.15, -0.1) is 0 Å². The van der Waals surface area contributed by atoms with Crippen LogP contribution in [0.4, 0.5) is 11.8 Å². The number of carboxylic acids is 2. The number of aromatic amines is 1. The number of amides is 1. The van der Waals surface area contributed by atoms with E-state index in [1.165, 1.54) is 24.3 Å². The van der Waals surface area contributed by atoms with Crippen molar-refractivity contribution in [2.75, 3.05) is 11.5 Å².